The molecule has 112 valence electrons. The molecule has 4 rings (SSSR count). The first-order valence-electron chi connectivity index (χ1n) is 7.19. The van der Waals surface area contributed by atoms with Gasteiger partial charge in [-0.1, -0.05) is 52.3 Å². The maximum Gasteiger partial charge on any atom is 0.291 e. The molecule has 0 fully saturated rings. The van der Waals surface area contributed by atoms with Crippen LogP contribution in [0.15, 0.2) is 75.6 Å². The standard InChI is InChI=1S/C19H12BrNO2/c20-13-5-3-6-14(10-13)21-19(22)18-11-16-15-7-2-1-4-12(15)8-9-17(16)23-18/h1-11H,(H,21,22). The zero-order chi connectivity index (χ0) is 15.8. The number of anilines is 1. The van der Waals surface area contributed by atoms with Crippen LogP contribution in [0.2, 0.25) is 0 Å². The number of amides is 1. The SMILES string of the molecule is O=C(Nc1cccc(Br)c1)c1cc2c(ccc3ccccc32)o1. The summed E-state index contributed by atoms with van der Waals surface area (Å²) in [6.45, 7) is 0. The van der Waals surface area contributed by atoms with Crippen molar-refractivity contribution in [1.82, 2.24) is 0 Å². The van der Waals surface area contributed by atoms with E-state index >= 15 is 0 Å². The third-order valence-electron chi connectivity index (χ3n) is 3.73. The number of nitrogens with one attached hydrogen (secondary N) is 1. The first-order chi connectivity index (χ1) is 11.2. The highest BCUT2D eigenvalue weighted by molar-refractivity contribution is 9.10. The minimum absolute atomic E-state index is 0.261. The van der Waals surface area contributed by atoms with Gasteiger partial charge in [0.25, 0.3) is 5.91 Å². The number of hydrogen-bond donors (Lipinski definition) is 1. The molecule has 0 spiro atoms. The van der Waals surface area contributed by atoms with Crippen molar-refractivity contribution in [2.75, 3.05) is 5.32 Å². The molecule has 0 unspecified atom stereocenters. The van der Waals surface area contributed by atoms with Crippen LogP contribution < -0.4 is 5.32 Å². The zero-order valence-corrected chi connectivity index (χ0v) is 13.6. The van der Waals surface area contributed by atoms with Gasteiger partial charge in [0.1, 0.15) is 5.58 Å². The monoisotopic (exact) mass is 365 g/mol. The van der Waals surface area contributed by atoms with Gasteiger partial charge in [0.15, 0.2) is 5.76 Å². The van der Waals surface area contributed by atoms with Crippen LogP contribution in [0.3, 0.4) is 0 Å². The molecule has 0 atom stereocenters. The van der Waals surface area contributed by atoms with Crippen molar-refractivity contribution in [3.63, 3.8) is 0 Å². The lowest BCUT2D eigenvalue weighted by Gasteiger charge is -2.02. The van der Waals surface area contributed by atoms with Crippen LogP contribution >= 0.6 is 15.9 Å². The Labute approximate surface area is 141 Å². The number of furan rings is 1. The molecule has 0 radical (unpaired) electrons. The lowest BCUT2D eigenvalue weighted by Crippen LogP contribution is -2.10. The van der Waals surface area contributed by atoms with Gasteiger partial charge in [-0.2, -0.15) is 0 Å². The third-order valence-corrected chi connectivity index (χ3v) is 4.23. The van der Waals surface area contributed by atoms with Crippen LogP contribution in [0.5, 0.6) is 0 Å². The van der Waals surface area contributed by atoms with E-state index in [1.807, 2.05) is 60.7 Å². The van der Waals surface area contributed by atoms with Gasteiger partial charge in [-0.15, -0.1) is 0 Å². The lowest BCUT2D eigenvalue weighted by molar-refractivity contribution is 0.0998. The van der Waals surface area contributed by atoms with Gasteiger partial charge in [-0.3, -0.25) is 4.79 Å². The highest BCUT2D eigenvalue weighted by atomic mass is 79.9. The van der Waals surface area contributed by atoms with Gasteiger partial charge in [0, 0.05) is 15.5 Å². The fourth-order valence-electron chi connectivity index (χ4n) is 2.66. The Kier molecular flexibility index (Phi) is 3.39. The average Bonchev–Trinajstić information content (AvgIpc) is 3.00. The highest BCUT2D eigenvalue weighted by Crippen LogP contribution is 2.28. The van der Waals surface area contributed by atoms with Crippen molar-refractivity contribution in [1.29, 1.82) is 0 Å². The van der Waals surface area contributed by atoms with E-state index in [1.165, 1.54) is 0 Å². The average molecular weight is 366 g/mol. The van der Waals surface area contributed by atoms with Gasteiger partial charge < -0.3 is 9.73 Å². The molecule has 1 amide bonds. The van der Waals surface area contributed by atoms with E-state index in [9.17, 15) is 4.79 Å². The van der Waals surface area contributed by atoms with E-state index in [1.54, 1.807) is 6.07 Å². The molecule has 0 saturated heterocycles. The summed E-state index contributed by atoms with van der Waals surface area (Å²) in [4.78, 5) is 12.4. The van der Waals surface area contributed by atoms with Gasteiger partial charge in [-0.25, -0.2) is 0 Å². The first-order valence-corrected chi connectivity index (χ1v) is 7.98. The summed E-state index contributed by atoms with van der Waals surface area (Å²) in [5.74, 6) is 0.0414. The normalized spacial score (nSPS) is 11.0. The summed E-state index contributed by atoms with van der Waals surface area (Å²) in [7, 11) is 0. The predicted molar refractivity (Wildman–Crippen MR) is 95.8 cm³/mol. The van der Waals surface area contributed by atoms with E-state index in [2.05, 4.69) is 21.2 Å². The minimum atomic E-state index is -0.261. The summed E-state index contributed by atoms with van der Waals surface area (Å²) in [5.41, 5.74) is 1.43. The van der Waals surface area contributed by atoms with Crippen LogP contribution in [0.25, 0.3) is 21.7 Å². The quantitative estimate of drug-likeness (QED) is 0.502. The minimum Gasteiger partial charge on any atom is -0.451 e. The third kappa shape index (κ3) is 2.62. The first kappa shape index (κ1) is 14.0. The molecule has 3 aromatic carbocycles. The van der Waals surface area contributed by atoms with Crippen molar-refractivity contribution < 1.29 is 9.21 Å². The largest absolute Gasteiger partial charge is 0.451 e. The van der Waals surface area contributed by atoms with Gasteiger partial charge in [0.2, 0.25) is 0 Å². The Bertz CT molecular complexity index is 1040. The van der Waals surface area contributed by atoms with E-state index in [0.29, 0.717) is 11.3 Å². The Hall–Kier alpha value is -2.59. The van der Waals surface area contributed by atoms with Crippen molar-refractivity contribution >= 4 is 49.3 Å². The molecule has 3 nitrogen and oxygen atoms in total. The molecule has 4 aromatic rings. The Balaban J connectivity index is 1.74. The maximum atomic E-state index is 12.4. The Morgan fingerprint density at radius 1 is 0.913 bits per heavy atom. The lowest BCUT2D eigenvalue weighted by atomic mass is 10.1. The molecule has 0 aliphatic carbocycles. The summed E-state index contributed by atoms with van der Waals surface area (Å²) in [6.07, 6.45) is 0. The number of fused-ring (bicyclic) bond motifs is 3. The molecule has 0 aliphatic heterocycles. The van der Waals surface area contributed by atoms with Crippen molar-refractivity contribution in [2.24, 2.45) is 0 Å². The van der Waals surface area contributed by atoms with Crippen LogP contribution in [0, 0.1) is 0 Å². The topological polar surface area (TPSA) is 42.2 Å². The molecule has 4 heteroatoms. The van der Waals surface area contributed by atoms with E-state index < -0.39 is 0 Å². The number of carbonyl (C=O) groups excluding carboxylic acids is 1. The number of carbonyl (C=O) groups is 1. The second-order valence-corrected chi connectivity index (χ2v) is 6.19. The molecule has 0 saturated carbocycles. The maximum absolute atomic E-state index is 12.4. The van der Waals surface area contributed by atoms with E-state index in [4.69, 9.17) is 4.42 Å². The molecule has 1 heterocycles. The molecular weight excluding hydrogens is 354 g/mol. The molecule has 0 aliphatic rings. The van der Waals surface area contributed by atoms with Crippen LogP contribution in [0.1, 0.15) is 10.6 Å². The summed E-state index contributed by atoms with van der Waals surface area (Å²) >= 11 is 3.39. The number of rotatable bonds is 2. The summed E-state index contributed by atoms with van der Waals surface area (Å²) < 4.78 is 6.62. The molecule has 1 aromatic heterocycles. The Morgan fingerprint density at radius 2 is 1.78 bits per heavy atom. The second kappa shape index (κ2) is 5.56. The van der Waals surface area contributed by atoms with Gasteiger partial charge >= 0.3 is 0 Å². The summed E-state index contributed by atoms with van der Waals surface area (Å²) in [6, 6.07) is 21.2. The smallest absolute Gasteiger partial charge is 0.291 e. The molecular formula is C19H12BrNO2. The van der Waals surface area contributed by atoms with E-state index in [0.717, 1.165) is 26.3 Å². The highest BCUT2D eigenvalue weighted by Gasteiger charge is 2.14. The molecule has 23 heavy (non-hydrogen) atoms. The number of benzene rings is 3. The zero-order valence-electron chi connectivity index (χ0n) is 12.0. The Morgan fingerprint density at radius 3 is 2.65 bits per heavy atom. The van der Waals surface area contributed by atoms with Gasteiger partial charge in [0.05, 0.1) is 0 Å². The fourth-order valence-corrected chi connectivity index (χ4v) is 3.06. The van der Waals surface area contributed by atoms with E-state index in [-0.39, 0.29) is 5.91 Å². The van der Waals surface area contributed by atoms with Crippen LogP contribution in [-0.2, 0) is 0 Å². The predicted octanol–water partition coefficient (Wildman–Crippen LogP) is 5.60. The van der Waals surface area contributed by atoms with Crippen LogP contribution in [-0.4, -0.2) is 5.91 Å². The second-order valence-electron chi connectivity index (χ2n) is 5.27. The summed E-state index contributed by atoms with van der Waals surface area (Å²) in [5, 5.41) is 6.00. The number of halogens is 1. The molecule has 0 bridgehead atoms. The van der Waals surface area contributed by atoms with Crippen molar-refractivity contribution in [3.8, 4) is 0 Å². The van der Waals surface area contributed by atoms with Crippen molar-refractivity contribution in [3.05, 3.63) is 77.0 Å². The molecule has 1 N–H and O–H groups in total. The number of hydrogen-bond acceptors (Lipinski definition) is 2. The fraction of sp³-hybridized carbons (Fsp3) is 0. The van der Waals surface area contributed by atoms with Crippen molar-refractivity contribution in [2.45, 2.75) is 0 Å². The van der Waals surface area contributed by atoms with Crippen LogP contribution in [0.4, 0.5) is 5.69 Å². The van der Waals surface area contributed by atoms with Gasteiger partial charge in [-0.05, 0) is 41.1 Å².